The van der Waals surface area contributed by atoms with E-state index in [1.54, 1.807) is 38.0 Å². The van der Waals surface area contributed by atoms with E-state index in [2.05, 4.69) is 45.0 Å². The van der Waals surface area contributed by atoms with Gasteiger partial charge < -0.3 is 24.6 Å². The zero-order valence-corrected chi connectivity index (χ0v) is 22.7. The second kappa shape index (κ2) is 10.3. The molecule has 2 aromatic carbocycles. The van der Waals surface area contributed by atoms with Crippen molar-refractivity contribution in [3.63, 3.8) is 0 Å². The van der Waals surface area contributed by atoms with Crippen LogP contribution in [0.1, 0.15) is 20.7 Å². The van der Waals surface area contributed by atoms with E-state index in [1.807, 2.05) is 42.7 Å². The fraction of sp³-hybridized carbons (Fsp3) is 0.300. The quantitative estimate of drug-likeness (QED) is 0.438. The summed E-state index contributed by atoms with van der Waals surface area (Å²) < 4.78 is 0. The molecule has 1 N–H and O–H groups in total. The summed E-state index contributed by atoms with van der Waals surface area (Å²) in [5.74, 6) is -0.0352. The van der Waals surface area contributed by atoms with Crippen LogP contribution in [0.15, 0.2) is 60.9 Å². The average Bonchev–Trinajstić information content (AvgIpc) is 3.35. The van der Waals surface area contributed by atoms with Gasteiger partial charge in [0.15, 0.2) is 0 Å². The van der Waals surface area contributed by atoms with Crippen LogP contribution in [-0.2, 0) is 0 Å². The molecule has 2 amide bonds. The highest BCUT2D eigenvalue weighted by Gasteiger charge is 2.22. The second-order valence-corrected chi connectivity index (χ2v) is 10.3. The third kappa shape index (κ3) is 4.87. The van der Waals surface area contributed by atoms with Crippen molar-refractivity contribution < 1.29 is 9.59 Å². The molecule has 196 valence electrons. The van der Waals surface area contributed by atoms with E-state index in [-0.39, 0.29) is 11.8 Å². The molecule has 8 heteroatoms. The van der Waals surface area contributed by atoms with Crippen molar-refractivity contribution in [2.45, 2.75) is 0 Å². The number of aromatic amines is 1. The smallest absolute Gasteiger partial charge is 0.255 e. The van der Waals surface area contributed by atoms with Crippen LogP contribution in [0.25, 0.3) is 33.3 Å². The molecule has 1 saturated heterocycles. The SMILES string of the molecule is CN1CCN(c2ccc(-c3cnc4[nH]cc(-c5ccc(C(=O)N(C)C)cc5)c4c3)cc2C(=O)N(C)C)CC1. The van der Waals surface area contributed by atoms with E-state index in [9.17, 15) is 9.59 Å². The van der Waals surface area contributed by atoms with Gasteiger partial charge in [-0.1, -0.05) is 18.2 Å². The van der Waals surface area contributed by atoms with Gasteiger partial charge in [0.25, 0.3) is 11.8 Å². The van der Waals surface area contributed by atoms with Crippen molar-refractivity contribution in [3.8, 4) is 22.3 Å². The Hall–Kier alpha value is -4.17. The Morgan fingerprint density at radius 3 is 2.13 bits per heavy atom. The number of carbonyl (C=O) groups is 2. The van der Waals surface area contributed by atoms with Crippen LogP contribution in [0.5, 0.6) is 0 Å². The normalized spacial score (nSPS) is 14.1. The van der Waals surface area contributed by atoms with E-state index in [4.69, 9.17) is 0 Å². The number of rotatable bonds is 5. The highest BCUT2D eigenvalue weighted by atomic mass is 16.2. The summed E-state index contributed by atoms with van der Waals surface area (Å²) in [5, 5.41) is 0.984. The molecular formula is C30H34N6O2. The molecule has 0 saturated carbocycles. The van der Waals surface area contributed by atoms with E-state index in [0.717, 1.165) is 65.2 Å². The number of aromatic nitrogens is 2. The summed E-state index contributed by atoms with van der Waals surface area (Å²) in [4.78, 5) is 41.3. The van der Waals surface area contributed by atoms with Gasteiger partial charge in [0.2, 0.25) is 0 Å². The standard InChI is InChI=1S/C30H34N6O2/c1-33(2)29(37)21-8-6-20(7-9-21)26-19-32-28-24(26)17-23(18-31-28)22-10-11-27(25(16-22)30(38)34(3)4)36-14-12-35(5)13-15-36/h6-11,16-19H,12-15H2,1-5H3,(H,31,32). The van der Waals surface area contributed by atoms with Crippen molar-refractivity contribution in [1.29, 1.82) is 0 Å². The lowest BCUT2D eigenvalue weighted by Crippen LogP contribution is -2.45. The Labute approximate surface area is 223 Å². The first-order valence-electron chi connectivity index (χ1n) is 12.8. The molecular weight excluding hydrogens is 476 g/mol. The van der Waals surface area contributed by atoms with Crippen molar-refractivity contribution in [3.05, 3.63) is 72.1 Å². The van der Waals surface area contributed by atoms with Crippen LogP contribution in [0.3, 0.4) is 0 Å². The number of piperazine rings is 1. The predicted octanol–water partition coefficient (Wildman–Crippen LogP) is 4.05. The maximum Gasteiger partial charge on any atom is 0.255 e. The van der Waals surface area contributed by atoms with Crippen LogP contribution >= 0.6 is 0 Å². The van der Waals surface area contributed by atoms with Gasteiger partial charge in [0.1, 0.15) is 5.65 Å². The minimum atomic E-state index is -0.0254. The molecule has 8 nitrogen and oxygen atoms in total. The number of anilines is 1. The van der Waals surface area contributed by atoms with Crippen LogP contribution in [0.4, 0.5) is 5.69 Å². The first-order valence-corrected chi connectivity index (χ1v) is 12.8. The number of amides is 2. The summed E-state index contributed by atoms with van der Waals surface area (Å²) in [6, 6.07) is 15.9. The summed E-state index contributed by atoms with van der Waals surface area (Å²) in [7, 11) is 9.21. The lowest BCUT2D eigenvalue weighted by Gasteiger charge is -2.35. The molecule has 5 rings (SSSR count). The second-order valence-electron chi connectivity index (χ2n) is 10.3. The van der Waals surface area contributed by atoms with E-state index in [1.165, 1.54) is 0 Å². The number of hydrogen-bond acceptors (Lipinski definition) is 5. The number of H-pyrrole nitrogens is 1. The van der Waals surface area contributed by atoms with Crippen molar-refractivity contribution in [1.82, 2.24) is 24.7 Å². The Balaban J connectivity index is 1.52. The fourth-order valence-electron chi connectivity index (χ4n) is 4.90. The summed E-state index contributed by atoms with van der Waals surface area (Å²) in [6.45, 7) is 3.72. The van der Waals surface area contributed by atoms with Gasteiger partial charge >= 0.3 is 0 Å². The number of benzene rings is 2. The first-order chi connectivity index (χ1) is 18.2. The van der Waals surface area contributed by atoms with Crippen molar-refractivity contribution in [2.75, 3.05) is 66.3 Å². The maximum atomic E-state index is 13.2. The molecule has 1 aliphatic rings. The Bertz CT molecular complexity index is 1480. The van der Waals surface area contributed by atoms with Crippen LogP contribution in [0, 0.1) is 0 Å². The van der Waals surface area contributed by atoms with Gasteiger partial charge in [-0.15, -0.1) is 0 Å². The van der Waals surface area contributed by atoms with Gasteiger partial charge in [0, 0.05) is 94.5 Å². The largest absolute Gasteiger partial charge is 0.368 e. The maximum absolute atomic E-state index is 13.2. The first kappa shape index (κ1) is 25.5. The van der Waals surface area contributed by atoms with Crippen molar-refractivity contribution >= 4 is 28.5 Å². The molecule has 0 atom stereocenters. The highest BCUT2D eigenvalue weighted by Crippen LogP contribution is 2.33. The molecule has 1 aliphatic heterocycles. The third-order valence-corrected chi connectivity index (χ3v) is 7.19. The topological polar surface area (TPSA) is 75.8 Å². The fourth-order valence-corrected chi connectivity index (χ4v) is 4.90. The average molecular weight is 511 g/mol. The van der Waals surface area contributed by atoms with E-state index in [0.29, 0.717) is 11.1 Å². The summed E-state index contributed by atoms with van der Waals surface area (Å²) in [5.41, 5.74) is 7.01. The highest BCUT2D eigenvalue weighted by molar-refractivity contribution is 6.02. The number of likely N-dealkylation sites (N-methyl/N-ethyl adjacent to an activating group) is 1. The molecule has 1 fully saturated rings. The Morgan fingerprint density at radius 2 is 1.47 bits per heavy atom. The van der Waals surface area contributed by atoms with Crippen LogP contribution in [-0.4, -0.2) is 97.9 Å². The van der Waals surface area contributed by atoms with Crippen LogP contribution in [0.2, 0.25) is 0 Å². The lowest BCUT2D eigenvalue weighted by molar-refractivity contribution is 0.0820. The third-order valence-electron chi connectivity index (χ3n) is 7.19. The molecule has 3 heterocycles. The Morgan fingerprint density at radius 1 is 0.816 bits per heavy atom. The van der Waals surface area contributed by atoms with Gasteiger partial charge in [-0.05, 0) is 48.5 Å². The minimum absolute atomic E-state index is 0.00971. The molecule has 0 unspecified atom stereocenters. The molecule has 0 aliphatic carbocycles. The van der Waals surface area contributed by atoms with E-state index >= 15 is 0 Å². The van der Waals surface area contributed by atoms with Crippen LogP contribution < -0.4 is 4.90 Å². The molecule has 2 aromatic heterocycles. The number of carbonyl (C=O) groups excluding carboxylic acids is 2. The number of hydrogen-bond donors (Lipinski definition) is 1. The predicted molar refractivity (Wildman–Crippen MR) is 153 cm³/mol. The van der Waals surface area contributed by atoms with Gasteiger partial charge in [-0.3, -0.25) is 9.59 Å². The summed E-state index contributed by atoms with van der Waals surface area (Å²) in [6.07, 6.45) is 3.79. The zero-order chi connectivity index (χ0) is 27.0. The minimum Gasteiger partial charge on any atom is -0.368 e. The van der Waals surface area contributed by atoms with Gasteiger partial charge in [0.05, 0.1) is 5.56 Å². The lowest BCUT2D eigenvalue weighted by atomic mass is 9.99. The number of pyridine rings is 1. The summed E-state index contributed by atoms with van der Waals surface area (Å²) >= 11 is 0. The molecule has 4 aromatic rings. The number of nitrogens with one attached hydrogen (secondary N) is 1. The van der Waals surface area contributed by atoms with Gasteiger partial charge in [-0.25, -0.2) is 4.98 Å². The molecule has 0 radical (unpaired) electrons. The van der Waals surface area contributed by atoms with E-state index < -0.39 is 0 Å². The zero-order valence-electron chi connectivity index (χ0n) is 22.7. The number of nitrogens with zero attached hydrogens (tertiary/aromatic N) is 5. The monoisotopic (exact) mass is 510 g/mol. The molecule has 0 bridgehead atoms. The van der Waals surface area contributed by atoms with Gasteiger partial charge in [-0.2, -0.15) is 0 Å². The molecule has 38 heavy (non-hydrogen) atoms. The number of fused-ring (bicyclic) bond motifs is 1. The Kier molecular flexibility index (Phi) is 6.91. The van der Waals surface area contributed by atoms with Crippen molar-refractivity contribution in [2.24, 2.45) is 0 Å². The molecule has 0 spiro atoms.